The van der Waals surface area contributed by atoms with Crippen molar-refractivity contribution in [2.24, 2.45) is 0 Å². The van der Waals surface area contributed by atoms with Gasteiger partial charge in [-0.25, -0.2) is 4.98 Å². The Kier molecular flexibility index (Phi) is 6.18. The molecule has 2 heterocycles. The average Bonchev–Trinajstić information content (AvgIpc) is 3.41. The summed E-state index contributed by atoms with van der Waals surface area (Å²) in [4.78, 5) is 38.3. The van der Waals surface area contributed by atoms with E-state index in [-0.39, 0.29) is 17.3 Å². The zero-order valence-electron chi connectivity index (χ0n) is 22.3. The topological polar surface area (TPSA) is 98.8 Å². The molecular formula is C30H30N4O4. The number of carbonyl (C=O) groups excluding carboxylic acids is 2. The molecule has 3 aromatic carbocycles. The van der Waals surface area contributed by atoms with Crippen molar-refractivity contribution < 1.29 is 19.4 Å². The number of ether oxygens (including phenoxy) is 1. The summed E-state index contributed by atoms with van der Waals surface area (Å²) in [6.07, 6.45) is 0. The Morgan fingerprint density at radius 2 is 1.68 bits per heavy atom. The summed E-state index contributed by atoms with van der Waals surface area (Å²) in [7, 11) is 5.36. The number of nitrogens with zero attached hydrogens (tertiary/aromatic N) is 3. The molecule has 1 amide bonds. The zero-order chi connectivity index (χ0) is 27.3. The van der Waals surface area contributed by atoms with Gasteiger partial charge >= 0.3 is 5.91 Å². The Labute approximate surface area is 221 Å². The molecule has 0 aliphatic carbocycles. The normalized spacial score (nSPS) is 16.9. The predicted molar refractivity (Wildman–Crippen MR) is 149 cm³/mol. The number of aliphatic hydroxyl groups excluding tert-OH is 1. The van der Waals surface area contributed by atoms with Gasteiger partial charge in [0.25, 0.3) is 5.78 Å². The summed E-state index contributed by atoms with van der Waals surface area (Å²) < 4.78 is 5.47. The number of fused-ring (bicyclic) bond motifs is 1. The van der Waals surface area contributed by atoms with Crippen LogP contribution in [0.1, 0.15) is 33.9 Å². The van der Waals surface area contributed by atoms with Gasteiger partial charge in [0.05, 0.1) is 35.3 Å². The first kappa shape index (κ1) is 25.1. The lowest BCUT2D eigenvalue weighted by molar-refractivity contribution is -0.132. The summed E-state index contributed by atoms with van der Waals surface area (Å²) >= 11 is 0. The molecule has 38 heavy (non-hydrogen) atoms. The molecule has 1 unspecified atom stereocenters. The van der Waals surface area contributed by atoms with Gasteiger partial charge in [0, 0.05) is 19.8 Å². The van der Waals surface area contributed by atoms with E-state index < -0.39 is 17.7 Å². The lowest BCUT2D eigenvalue weighted by Crippen LogP contribution is -2.30. The third-order valence-corrected chi connectivity index (χ3v) is 7.09. The van der Waals surface area contributed by atoms with Gasteiger partial charge in [0.15, 0.2) is 0 Å². The van der Waals surface area contributed by atoms with Crippen molar-refractivity contribution in [2.75, 3.05) is 31.0 Å². The number of hydrogen-bond donors (Lipinski definition) is 2. The van der Waals surface area contributed by atoms with Gasteiger partial charge < -0.3 is 19.7 Å². The number of Topliss-reactive ketones (excluding diaryl/α,β-unsaturated/α-hetero) is 1. The van der Waals surface area contributed by atoms with Gasteiger partial charge in [-0.05, 0) is 73.9 Å². The minimum Gasteiger partial charge on any atom is -0.507 e. The number of rotatable bonds is 5. The van der Waals surface area contributed by atoms with Crippen LogP contribution >= 0.6 is 0 Å². The molecule has 0 spiro atoms. The lowest BCUT2D eigenvalue weighted by Gasteiger charge is -2.24. The highest BCUT2D eigenvalue weighted by Crippen LogP contribution is 2.43. The van der Waals surface area contributed by atoms with Crippen molar-refractivity contribution in [3.05, 3.63) is 88.0 Å². The number of aliphatic hydroxyl groups is 1. The second-order valence-electron chi connectivity index (χ2n) is 9.87. The van der Waals surface area contributed by atoms with Crippen molar-refractivity contribution in [3.63, 3.8) is 0 Å². The maximum atomic E-state index is 13.6. The van der Waals surface area contributed by atoms with Crippen LogP contribution in [0.3, 0.4) is 0 Å². The number of amides is 1. The number of hydrogen-bond acceptors (Lipinski definition) is 6. The van der Waals surface area contributed by atoms with Gasteiger partial charge in [-0.1, -0.05) is 23.8 Å². The van der Waals surface area contributed by atoms with E-state index in [1.54, 1.807) is 12.1 Å². The maximum Gasteiger partial charge on any atom is 0.302 e. The molecule has 1 aliphatic rings. The van der Waals surface area contributed by atoms with E-state index in [2.05, 4.69) is 9.97 Å². The standard InChI is InChI=1S/C30H30N4O4/c1-16-7-12-24(38-6)21(13-16)27(35)25-26(19-8-10-20(11-9-19)33(4)5)34(29(37)28(25)36)30-31-22-14-17(2)18(3)15-23(22)32-30/h7-15,26,35H,1-6H3,(H,31,32)/b27-25+. The second kappa shape index (κ2) is 9.37. The fourth-order valence-corrected chi connectivity index (χ4v) is 4.84. The number of H-pyrrole nitrogens is 1. The summed E-state index contributed by atoms with van der Waals surface area (Å²) in [6.45, 7) is 5.88. The van der Waals surface area contributed by atoms with Crippen LogP contribution < -0.4 is 14.5 Å². The summed E-state index contributed by atoms with van der Waals surface area (Å²) in [5, 5.41) is 11.6. The molecule has 2 N–H and O–H groups in total. The van der Waals surface area contributed by atoms with Crippen molar-refractivity contribution in [1.82, 2.24) is 9.97 Å². The monoisotopic (exact) mass is 510 g/mol. The average molecular weight is 511 g/mol. The van der Waals surface area contributed by atoms with Gasteiger partial charge in [0.2, 0.25) is 5.95 Å². The van der Waals surface area contributed by atoms with E-state index in [9.17, 15) is 14.7 Å². The molecule has 1 fully saturated rings. The van der Waals surface area contributed by atoms with Crippen LogP contribution in [0.2, 0.25) is 0 Å². The molecule has 5 rings (SSSR count). The molecule has 1 saturated heterocycles. The largest absolute Gasteiger partial charge is 0.507 e. The number of carbonyl (C=O) groups is 2. The summed E-state index contributed by atoms with van der Waals surface area (Å²) in [5.74, 6) is -1.22. The third-order valence-electron chi connectivity index (χ3n) is 7.09. The molecule has 0 radical (unpaired) electrons. The molecule has 1 aliphatic heterocycles. The van der Waals surface area contributed by atoms with Crippen LogP contribution in [0.4, 0.5) is 11.6 Å². The van der Waals surface area contributed by atoms with Crippen LogP contribution in [0, 0.1) is 20.8 Å². The van der Waals surface area contributed by atoms with Gasteiger partial charge in [0.1, 0.15) is 11.5 Å². The fourth-order valence-electron chi connectivity index (χ4n) is 4.84. The Hall–Kier alpha value is -4.59. The van der Waals surface area contributed by atoms with Crippen LogP contribution in [-0.4, -0.2) is 48.0 Å². The van der Waals surface area contributed by atoms with Crippen molar-refractivity contribution in [2.45, 2.75) is 26.8 Å². The minimum atomic E-state index is -0.904. The predicted octanol–water partition coefficient (Wildman–Crippen LogP) is 5.19. The number of aromatic amines is 1. The summed E-state index contributed by atoms with van der Waals surface area (Å²) in [6, 6.07) is 15.9. The molecule has 1 aromatic heterocycles. The van der Waals surface area contributed by atoms with Crippen molar-refractivity contribution in [1.29, 1.82) is 0 Å². The first-order valence-electron chi connectivity index (χ1n) is 12.3. The highest BCUT2D eigenvalue weighted by molar-refractivity contribution is 6.51. The summed E-state index contributed by atoms with van der Waals surface area (Å²) in [5.41, 5.74) is 6.41. The number of benzene rings is 3. The molecule has 8 nitrogen and oxygen atoms in total. The van der Waals surface area contributed by atoms with Crippen molar-refractivity contribution in [3.8, 4) is 5.75 Å². The zero-order valence-corrected chi connectivity index (χ0v) is 22.3. The molecule has 1 atom stereocenters. The second-order valence-corrected chi connectivity index (χ2v) is 9.87. The molecule has 4 aromatic rings. The van der Waals surface area contributed by atoms with Crippen LogP contribution in [-0.2, 0) is 9.59 Å². The maximum absolute atomic E-state index is 13.6. The lowest BCUT2D eigenvalue weighted by atomic mass is 9.94. The van der Waals surface area contributed by atoms with E-state index in [4.69, 9.17) is 4.74 Å². The SMILES string of the molecule is COc1ccc(C)cc1/C(O)=C1\C(=O)C(=O)N(c2nc3cc(C)c(C)cc3[nH]2)C1c1ccc(N(C)C)cc1. The fraction of sp³-hybridized carbons (Fsp3) is 0.233. The van der Waals surface area contributed by atoms with E-state index in [0.717, 1.165) is 27.9 Å². The highest BCUT2D eigenvalue weighted by Gasteiger charge is 2.48. The van der Waals surface area contributed by atoms with Gasteiger partial charge in [-0.2, -0.15) is 0 Å². The van der Waals surface area contributed by atoms with E-state index in [0.29, 0.717) is 22.4 Å². The molecule has 8 heteroatoms. The van der Waals surface area contributed by atoms with E-state index in [1.807, 2.05) is 82.2 Å². The quantitative estimate of drug-likeness (QED) is 0.218. The number of anilines is 2. The number of methoxy groups -OCH3 is 1. The van der Waals surface area contributed by atoms with E-state index >= 15 is 0 Å². The van der Waals surface area contributed by atoms with Crippen molar-refractivity contribution >= 4 is 40.1 Å². The van der Waals surface area contributed by atoms with Gasteiger partial charge in [-0.15, -0.1) is 0 Å². The number of aryl methyl sites for hydroxylation is 3. The number of ketones is 1. The number of aromatic nitrogens is 2. The smallest absolute Gasteiger partial charge is 0.302 e. The minimum absolute atomic E-state index is 0.0238. The number of imidazole rings is 1. The first-order chi connectivity index (χ1) is 18.1. The van der Waals surface area contributed by atoms with Crippen LogP contribution in [0.5, 0.6) is 5.75 Å². The van der Waals surface area contributed by atoms with Crippen LogP contribution in [0.25, 0.3) is 16.8 Å². The Balaban J connectivity index is 1.75. The Bertz CT molecular complexity index is 1580. The van der Waals surface area contributed by atoms with Gasteiger partial charge in [-0.3, -0.25) is 14.5 Å². The number of nitrogens with one attached hydrogen (secondary N) is 1. The molecular weight excluding hydrogens is 480 g/mol. The Morgan fingerprint density at radius 1 is 1.00 bits per heavy atom. The molecule has 0 saturated carbocycles. The molecule has 0 bridgehead atoms. The van der Waals surface area contributed by atoms with E-state index in [1.165, 1.54) is 12.0 Å². The third kappa shape index (κ3) is 4.08. The molecule has 194 valence electrons. The first-order valence-corrected chi connectivity index (χ1v) is 12.3. The van der Waals surface area contributed by atoms with Crippen LogP contribution in [0.15, 0.2) is 60.2 Å². The highest BCUT2D eigenvalue weighted by atomic mass is 16.5. The Morgan fingerprint density at radius 3 is 2.34 bits per heavy atom.